The van der Waals surface area contributed by atoms with Crippen molar-refractivity contribution in [2.45, 2.75) is 24.4 Å². The average Bonchev–Trinajstić information content (AvgIpc) is 2.54. The van der Waals surface area contributed by atoms with Crippen LogP contribution in [-0.2, 0) is 27.8 Å². The second-order valence-corrected chi connectivity index (χ2v) is 6.88. The van der Waals surface area contributed by atoms with Gasteiger partial charge in [0.15, 0.2) is 12.1 Å². The molecule has 26 heavy (non-hydrogen) atoms. The lowest BCUT2D eigenvalue weighted by molar-refractivity contribution is -0.137. The first-order chi connectivity index (χ1) is 11.6. The van der Waals surface area contributed by atoms with Gasteiger partial charge in [-0.25, -0.2) is 9.13 Å². The Bertz CT molecular complexity index is 511. The number of aliphatic hydroxyl groups excluding tert-OH is 5. The van der Waals surface area contributed by atoms with E-state index in [0.29, 0.717) is 0 Å². The van der Waals surface area contributed by atoms with Crippen LogP contribution in [0, 0.1) is 0 Å². The molecular formula is C9H20O15P2. The summed E-state index contributed by atoms with van der Waals surface area (Å²) in [6.45, 7) is -2.69. The first-order valence-electron chi connectivity index (χ1n) is 6.36. The highest BCUT2D eigenvalue weighted by atomic mass is 31.2. The predicted octanol–water partition coefficient (Wildman–Crippen LogP) is -4.60. The van der Waals surface area contributed by atoms with E-state index in [9.17, 15) is 18.7 Å². The van der Waals surface area contributed by atoms with E-state index < -0.39 is 65.7 Å². The third kappa shape index (κ3) is 15.6. The van der Waals surface area contributed by atoms with Gasteiger partial charge in [0.2, 0.25) is 0 Å². The van der Waals surface area contributed by atoms with Gasteiger partial charge in [-0.3, -0.25) is 13.8 Å². The zero-order valence-corrected chi connectivity index (χ0v) is 14.7. The summed E-state index contributed by atoms with van der Waals surface area (Å²) in [5.74, 6) is -1.06. The molecule has 0 saturated heterocycles. The molecule has 0 amide bonds. The molecule has 17 heteroatoms. The molecule has 15 nitrogen and oxygen atoms in total. The largest absolute Gasteiger partial charge is 0.469 e. The molecule has 0 aliphatic rings. The van der Waals surface area contributed by atoms with E-state index in [2.05, 4.69) is 9.05 Å². The van der Waals surface area contributed by atoms with Gasteiger partial charge in [0, 0.05) is 0 Å². The number of phosphoric acid groups is 2. The topological polar surface area (TPSA) is 269 Å². The minimum atomic E-state index is -4.74. The highest BCUT2D eigenvalue weighted by Crippen LogP contribution is 2.36. The summed E-state index contributed by atoms with van der Waals surface area (Å²) < 4.78 is 27.8. The van der Waals surface area contributed by atoms with E-state index in [1.807, 2.05) is 0 Å². The molecule has 4 atom stereocenters. The number of hydrogen-bond acceptors (Lipinski definition) is 11. The van der Waals surface area contributed by atoms with Crippen molar-refractivity contribution in [1.29, 1.82) is 0 Å². The first-order valence-corrected chi connectivity index (χ1v) is 9.42. The van der Waals surface area contributed by atoms with E-state index in [4.69, 9.17) is 45.1 Å². The molecule has 0 aromatic heterocycles. The smallest absolute Gasteiger partial charge is 0.388 e. The predicted molar refractivity (Wildman–Crippen MR) is 78.2 cm³/mol. The number of ketones is 1. The summed E-state index contributed by atoms with van der Waals surface area (Å²) in [5.41, 5.74) is 0. The number of rotatable bonds is 11. The van der Waals surface area contributed by atoms with Crippen LogP contribution in [0.1, 0.15) is 0 Å². The van der Waals surface area contributed by atoms with E-state index in [0.717, 1.165) is 0 Å². The van der Waals surface area contributed by atoms with Crippen LogP contribution in [0.2, 0.25) is 0 Å². The lowest BCUT2D eigenvalue weighted by Crippen LogP contribution is -2.38. The number of phosphoric ester groups is 2. The Labute approximate surface area is 145 Å². The van der Waals surface area contributed by atoms with E-state index in [1.54, 1.807) is 0 Å². The highest BCUT2D eigenvalue weighted by Gasteiger charge is 2.26. The number of aldehydes is 1. The second kappa shape index (κ2) is 12.7. The van der Waals surface area contributed by atoms with Crippen molar-refractivity contribution >= 4 is 27.7 Å². The summed E-state index contributed by atoms with van der Waals surface area (Å²) in [4.78, 5) is 53.0. The Morgan fingerprint density at radius 1 is 0.885 bits per heavy atom. The van der Waals surface area contributed by atoms with Gasteiger partial charge in [-0.1, -0.05) is 0 Å². The second-order valence-electron chi connectivity index (χ2n) is 4.40. The third-order valence-corrected chi connectivity index (χ3v) is 3.18. The van der Waals surface area contributed by atoms with Crippen LogP contribution in [0.3, 0.4) is 0 Å². The standard InChI is InChI=1S/C5H11O8P.C4H9O7P/c6-1-3(7)5(9)4(8)2-13-14(10,11)12;5-1-3(6)4(7)2-11-12(8,9)10/h4-6,8-9H,1-2H2,(H2,10,11,12);1,3-4,6-7H,2H2,(H2,8,9,10)/t4-,5-;3-,4+/m10/s1. The van der Waals surface area contributed by atoms with Crippen LogP contribution in [0.15, 0.2) is 0 Å². The first kappa shape index (κ1) is 27.6. The zero-order chi connectivity index (χ0) is 21.1. The molecule has 9 N–H and O–H groups in total. The van der Waals surface area contributed by atoms with Gasteiger partial charge in [0.05, 0.1) is 13.2 Å². The van der Waals surface area contributed by atoms with Crippen molar-refractivity contribution in [3.63, 3.8) is 0 Å². The molecule has 0 aliphatic heterocycles. The van der Waals surface area contributed by atoms with Gasteiger partial charge >= 0.3 is 15.6 Å². The lowest BCUT2D eigenvalue weighted by atomic mass is 10.1. The summed E-state index contributed by atoms with van der Waals surface area (Å²) in [6, 6.07) is 0. The number of carbonyl (C=O) groups is 2. The van der Waals surface area contributed by atoms with Crippen LogP contribution >= 0.6 is 15.6 Å². The molecule has 0 radical (unpaired) electrons. The zero-order valence-electron chi connectivity index (χ0n) is 12.9. The van der Waals surface area contributed by atoms with Crippen molar-refractivity contribution in [2.24, 2.45) is 0 Å². The molecular weight excluding hydrogens is 410 g/mol. The quantitative estimate of drug-likeness (QED) is 0.110. The van der Waals surface area contributed by atoms with Crippen molar-refractivity contribution in [3.8, 4) is 0 Å². The monoisotopic (exact) mass is 430 g/mol. The maximum atomic E-state index is 10.6. The Morgan fingerprint density at radius 2 is 1.27 bits per heavy atom. The maximum absolute atomic E-state index is 10.6. The average molecular weight is 430 g/mol. The van der Waals surface area contributed by atoms with E-state index in [1.165, 1.54) is 0 Å². The summed E-state index contributed by atoms with van der Waals surface area (Å²) in [7, 11) is -9.40. The Hall–Kier alpha value is -0.640. The highest BCUT2D eigenvalue weighted by molar-refractivity contribution is 7.46. The van der Waals surface area contributed by atoms with Crippen LogP contribution in [-0.4, -0.2) is 101 Å². The molecule has 0 aromatic rings. The molecule has 0 aromatic carbocycles. The summed E-state index contributed by atoms with van der Waals surface area (Å²) >= 11 is 0. The minimum Gasteiger partial charge on any atom is -0.388 e. The van der Waals surface area contributed by atoms with Gasteiger partial charge in [0.1, 0.15) is 31.0 Å². The number of Topliss-reactive ketones (excluding diaryl/α,β-unsaturated/α-hetero) is 1. The molecule has 0 rings (SSSR count). The molecule has 0 saturated carbocycles. The Morgan fingerprint density at radius 3 is 1.58 bits per heavy atom. The molecule has 0 aliphatic carbocycles. The van der Waals surface area contributed by atoms with E-state index in [-0.39, 0.29) is 6.29 Å². The number of aliphatic hydroxyl groups is 5. The van der Waals surface area contributed by atoms with Crippen molar-refractivity contribution in [2.75, 3.05) is 19.8 Å². The normalized spacial score (nSPS) is 16.7. The molecule has 0 fully saturated rings. The molecule has 0 bridgehead atoms. The van der Waals surface area contributed by atoms with Gasteiger partial charge < -0.3 is 49.9 Å². The third-order valence-electron chi connectivity index (χ3n) is 2.21. The van der Waals surface area contributed by atoms with Gasteiger partial charge in [-0.15, -0.1) is 0 Å². The summed E-state index contributed by atoms with van der Waals surface area (Å²) in [5, 5.41) is 43.4. The minimum absolute atomic E-state index is 0.0354. The fourth-order valence-corrected chi connectivity index (χ4v) is 1.63. The fourth-order valence-electron chi connectivity index (χ4n) is 0.935. The fraction of sp³-hybridized carbons (Fsp3) is 0.778. The van der Waals surface area contributed by atoms with Crippen molar-refractivity contribution in [1.82, 2.24) is 0 Å². The maximum Gasteiger partial charge on any atom is 0.469 e. The van der Waals surface area contributed by atoms with Crippen LogP contribution in [0.25, 0.3) is 0 Å². The molecule has 0 unspecified atom stereocenters. The Balaban J connectivity index is 0. The lowest BCUT2D eigenvalue weighted by Gasteiger charge is -2.15. The van der Waals surface area contributed by atoms with Crippen LogP contribution in [0.5, 0.6) is 0 Å². The van der Waals surface area contributed by atoms with Gasteiger partial charge in [-0.05, 0) is 0 Å². The molecule has 0 spiro atoms. The molecule has 156 valence electrons. The number of carbonyl (C=O) groups excluding carboxylic acids is 2. The van der Waals surface area contributed by atoms with Crippen molar-refractivity contribution < 1.29 is 72.9 Å². The van der Waals surface area contributed by atoms with Crippen LogP contribution < -0.4 is 0 Å². The summed E-state index contributed by atoms with van der Waals surface area (Å²) in [6.07, 6.45) is -7.01. The SMILES string of the molecule is O=C(CO)[C@@H](O)[C@H](O)COP(=O)(O)O.O=C[C@H](O)[C@H](O)COP(=O)(O)O. The Kier molecular flexibility index (Phi) is 13.5. The number of hydrogen-bond donors (Lipinski definition) is 9. The molecule has 0 heterocycles. The van der Waals surface area contributed by atoms with Crippen molar-refractivity contribution in [3.05, 3.63) is 0 Å². The van der Waals surface area contributed by atoms with Crippen LogP contribution in [0.4, 0.5) is 0 Å². The van der Waals surface area contributed by atoms with E-state index >= 15 is 0 Å². The van der Waals surface area contributed by atoms with Gasteiger partial charge in [0.25, 0.3) is 0 Å². The van der Waals surface area contributed by atoms with Gasteiger partial charge in [-0.2, -0.15) is 0 Å².